The molecule has 0 aliphatic carbocycles. The monoisotopic (exact) mass is 265 g/mol. The SMILES string of the molecule is Cc1nc(Cl)c(C)c(N(C)c2ccccc2F)n1. The van der Waals surface area contributed by atoms with Crippen molar-refractivity contribution in [2.75, 3.05) is 11.9 Å². The fourth-order valence-corrected chi connectivity index (χ4v) is 1.95. The van der Waals surface area contributed by atoms with E-state index >= 15 is 0 Å². The molecule has 5 heteroatoms. The molecule has 0 saturated heterocycles. The van der Waals surface area contributed by atoms with Gasteiger partial charge in [0.05, 0.1) is 5.69 Å². The Balaban J connectivity index is 2.53. The lowest BCUT2D eigenvalue weighted by molar-refractivity contribution is 0.627. The van der Waals surface area contributed by atoms with Gasteiger partial charge in [-0.3, -0.25) is 0 Å². The van der Waals surface area contributed by atoms with Crippen molar-refractivity contribution in [1.82, 2.24) is 9.97 Å². The lowest BCUT2D eigenvalue weighted by Gasteiger charge is -2.21. The van der Waals surface area contributed by atoms with Crippen LogP contribution in [0.1, 0.15) is 11.4 Å². The zero-order valence-corrected chi connectivity index (χ0v) is 11.2. The summed E-state index contributed by atoms with van der Waals surface area (Å²) in [5, 5.41) is 0.390. The molecular weight excluding hydrogens is 253 g/mol. The van der Waals surface area contributed by atoms with Crippen molar-refractivity contribution >= 4 is 23.1 Å². The van der Waals surface area contributed by atoms with Crippen molar-refractivity contribution in [3.05, 3.63) is 46.6 Å². The minimum atomic E-state index is -0.299. The zero-order valence-electron chi connectivity index (χ0n) is 10.4. The van der Waals surface area contributed by atoms with Gasteiger partial charge in [-0.1, -0.05) is 23.7 Å². The summed E-state index contributed by atoms with van der Waals surface area (Å²) in [7, 11) is 1.75. The van der Waals surface area contributed by atoms with E-state index in [9.17, 15) is 4.39 Å². The number of rotatable bonds is 2. The Bertz CT molecular complexity index is 586. The van der Waals surface area contributed by atoms with E-state index in [1.807, 2.05) is 6.92 Å². The van der Waals surface area contributed by atoms with E-state index in [4.69, 9.17) is 11.6 Å². The van der Waals surface area contributed by atoms with Crippen LogP contribution in [0.25, 0.3) is 0 Å². The van der Waals surface area contributed by atoms with E-state index in [1.54, 1.807) is 37.1 Å². The predicted octanol–water partition coefficient (Wildman–Crippen LogP) is 3.65. The molecule has 0 aliphatic heterocycles. The molecule has 0 fully saturated rings. The van der Waals surface area contributed by atoms with E-state index in [2.05, 4.69) is 9.97 Å². The van der Waals surface area contributed by atoms with Crippen LogP contribution in [0.5, 0.6) is 0 Å². The van der Waals surface area contributed by atoms with Crippen molar-refractivity contribution in [1.29, 1.82) is 0 Å². The second-order valence-electron chi connectivity index (χ2n) is 4.02. The summed E-state index contributed by atoms with van der Waals surface area (Å²) in [5.74, 6) is 0.869. The molecule has 0 N–H and O–H groups in total. The van der Waals surface area contributed by atoms with Crippen LogP contribution in [-0.2, 0) is 0 Å². The number of hydrogen-bond acceptors (Lipinski definition) is 3. The minimum Gasteiger partial charge on any atom is -0.327 e. The molecule has 0 bridgehead atoms. The molecule has 0 amide bonds. The zero-order chi connectivity index (χ0) is 13.3. The molecule has 0 aliphatic rings. The van der Waals surface area contributed by atoms with Gasteiger partial charge in [-0.15, -0.1) is 0 Å². The number of hydrogen-bond donors (Lipinski definition) is 0. The first-order valence-electron chi connectivity index (χ1n) is 5.49. The first-order chi connectivity index (χ1) is 8.50. The summed E-state index contributed by atoms with van der Waals surface area (Å²) in [6.07, 6.45) is 0. The molecule has 1 aromatic heterocycles. The summed E-state index contributed by atoms with van der Waals surface area (Å²) in [4.78, 5) is 10.1. The smallest absolute Gasteiger partial charge is 0.146 e. The number of halogens is 2. The molecule has 0 unspecified atom stereocenters. The average molecular weight is 266 g/mol. The topological polar surface area (TPSA) is 29.0 Å². The summed E-state index contributed by atoms with van der Waals surface area (Å²) in [5.41, 5.74) is 1.18. The highest BCUT2D eigenvalue weighted by Gasteiger charge is 2.15. The molecule has 0 radical (unpaired) electrons. The van der Waals surface area contributed by atoms with Crippen molar-refractivity contribution < 1.29 is 4.39 Å². The summed E-state index contributed by atoms with van der Waals surface area (Å²) in [6.45, 7) is 3.57. The number of para-hydroxylation sites is 1. The van der Waals surface area contributed by atoms with Gasteiger partial charge >= 0.3 is 0 Å². The van der Waals surface area contributed by atoms with Crippen LogP contribution in [0.15, 0.2) is 24.3 Å². The lowest BCUT2D eigenvalue weighted by Crippen LogP contribution is -2.15. The number of nitrogens with zero attached hydrogens (tertiary/aromatic N) is 3. The lowest BCUT2D eigenvalue weighted by atomic mass is 10.2. The molecule has 0 spiro atoms. The Hall–Kier alpha value is -1.68. The molecule has 1 aromatic carbocycles. The first kappa shape index (κ1) is 12.8. The van der Waals surface area contributed by atoms with Gasteiger partial charge in [0, 0.05) is 12.6 Å². The third kappa shape index (κ3) is 2.29. The third-order valence-corrected chi connectivity index (χ3v) is 3.07. The largest absolute Gasteiger partial charge is 0.327 e. The third-order valence-electron chi connectivity index (χ3n) is 2.70. The highest BCUT2D eigenvalue weighted by Crippen LogP contribution is 2.29. The quantitative estimate of drug-likeness (QED) is 0.776. The van der Waals surface area contributed by atoms with Crippen LogP contribution in [0, 0.1) is 19.7 Å². The first-order valence-corrected chi connectivity index (χ1v) is 5.87. The number of anilines is 2. The van der Waals surface area contributed by atoms with Gasteiger partial charge in [0.25, 0.3) is 0 Å². The van der Waals surface area contributed by atoms with Crippen molar-refractivity contribution in [3.63, 3.8) is 0 Å². The fraction of sp³-hybridized carbons (Fsp3) is 0.231. The van der Waals surface area contributed by atoms with E-state index in [0.29, 0.717) is 22.5 Å². The summed E-state index contributed by atoms with van der Waals surface area (Å²) in [6, 6.07) is 6.54. The number of benzene rings is 1. The van der Waals surface area contributed by atoms with Crippen LogP contribution in [0.4, 0.5) is 15.9 Å². The number of aryl methyl sites for hydroxylation is 1. The standard InChI is InChI=1S/C13H13ClFN3/c1-8-12(14)16-9(2)17-13(8)18(3)11-7-5-4-6-10(11)15/h4-7H,1-3H3. The Kier molecular flexibility index (Phi) is 3.48. The Morgan fingerprint density at radius 3 is 2.50 bits per heavy atom. The molecule has 94 valence electrons. The summed E-state index contributed by atoms with van der Waals surface area (Å²) < 4.78 is 13.7. The number of aromatic nitrogens is 2. The van der Waals surface area contributed by atoms with Gasteiger partial charge in [0.15, 0.2) is 0 Å². The van der Waals surface area contributed by atoms with E-state index < -0.39 is 0 Å². The van der Waals surface area contributed by atoms with Gasteiger partial charge in [0.2, 0.25) is 0 Å². The maximum atomic E-state index is 13.7. The Morgan fingerprint density at radius 1 is 1.17 bits per heavy atom. The highest BCUT2D eigenvalue weighted by molar-refractivity contribution is 6.30. The second kappa shape index (κ2) is 4.90. The molecule has 0 saturated carbocycles. The molecule has 1 heterocycles. The highest BCUT2D eigenvalue weighted by atomic mass is 35.5. The van der Waals surface area contributed by atoms with Crippen LogP contribution in [-0.4, -0.2) is 17.0 Å². The van der Waals surface area contributed by atoms with Gasteiger partial charge in [-0.2, -0.15) is 0 Å². The van der Waals surface area contributed by atoms with Crippen molar-refractivity contribution in [3.8, 4) is 0 Å². The van der Waals surface area contributed by atoms with Crippen LogP contribution < -0.4 is 4.90 Å². The van der Waals surface area contributed by atoms with Gasteiger partial charge in [-0.25, -0.2) is 14.4 Å². The van der Waals surface area contributed by atoms with E-state index in [-0.39, 0.29) is 5.82 Å². The average Bonchev–Trinajstić information content (AvgIpc) is 2.33. The maximum absolute atomic E-state index is 13.7. The van der Waals surface area contributed by atoms with E-state index in [0.717, 1.165) is 5.56 Å². The molecule has 0 atom stereocenters. The van der Waals surface area contributed by atoms with Crippen LogP contribution in [0.3, 0.4) is 0 Å². The van der Waals surface area contributed by atoms with Gasteiger partial charge in [0.1, 0.15) is 22.6 Å². The predicted molar refractivity (Wildman–Crippen MR) is 71.0 cm³/mol. The van der Waals surface area contributed by atoms with Crippen LogP contribution >= 0.6 is 11.6 Å². The normalized spacial score (nSPS) is 10.5. The molecular formula is C13H13ClFN3. The van der Waals surface area contributed by atoms with Gasteiger partial charge < -0.3 is 4.90 Å². The molecule has 3 nitrogen and oxygen atoms in total. The van der Waals surface area contributed by atoms with Crippen molar-refractivity contribution in [2.45, 2.75) is 13.8 Å². The molecule has 2 rings (SSSR count). The summed E-state index contributed by atoms with van der Waals surface area (Å²) >= 11 is 6.02. The Labute approximate surface area is 110 Å². The molecule has 18 heavy (non-hydrogen) atoms. The molecule has 2 aromatic rings. The minimum absolute atomic E-state index is 0.299. The maximum Gasteiger partial charge on any atom is 0.146 e. The van der Waals surface area contributed by atoms with Crippen LogP contribution in [0.2, 0.25) is 5.15 Å². The van der Waals surface area contributed by atoms with E-state index in [1.165, 1.54) is 6.07 Å². The van der Waals surface area contributed by atoms with Crippen molar-refractivity contribution in [2.24, 2.45) is 0 Å². The van der Waals surface area contributed by atoms with Gasteiger partial charge in [-0.05, 0) is 26.0 Å². The Morgan fingerprint density at radius 2 is 1.83 bits per heavy atom. The second-order valence-corrected chi connectivity index (χ2v) is 4.38. The fourth-order valence-electron chi connectivity index (χ4n) is 1.74.